The van der Waals surface area contributed by atoms with Gasteiger partial charge in [-0.15, -0.1) is 0 Å². The number of aryl methyl sites for hydroxylation is 2. The van der Waals surface area contributed by atoms with Gasteiger partial charge in [0.15, 0.2) is 0 Å². The molecular formula is C15H14ClNO2. The van der Waals surface area contributed by atoms with Gasteiger partial charge < -0.3 is 4.74 Å². The van der Waals surface area contributed by atoms with Crippen LogP contribution in [0.15, 0.2) is 42.5 Å². The van der Waals surface area contributed by atoms with E-state index in [-0.39, 0.29) is 0 Å². The Hall–Kier alpha value is -2.00. The van der Waals surface area contributed by atoms with Crippen molar-refractivity contribution >= 4 is 23.4 Å². The van der Waals surface area contributed by atoms with E-state index in [1.165, 1.54) is 0 Å². The summed E-state index contributed by atoms with van der Waals surface area (Å²) in [6, 6.07) is 12.6. The molecule has 98 valence electrons. The van der Waals surface area contributed by atoms with Crippen molar-refractivity contribution in [3.05, 3.63) is 58.6 Å². The Balaban J connectivity index is 2.12. The van der Waals surface area contributed by atoms with Gasteiger partial charge in [0.05, 0.1) is 10.7 Å². The maximum Gasteiger partial charge on any atom is 0.417 e. The summed E-state index contributed by atoms with van der Waals surface area (Å²) in [6.45, 7) is 3.84. The number of carbonyl (C=O) groups excluding carboxylic acids is 1. The van der Waals surface area contributed by atoms with Crippen LogP contribution in [0.5, 0.6) is 5.75 Å². The van der Waals surface area contributed by atoms with Crippen LogP contribution in [-0.2, 0) is 0 Å². The fraction of sp³-hybridized carbons (Fsp3) is 0.133. The number of ether oxygens (including phenoxy) is 1. The Morgan fingerprint density at radius 2 is 1.84 bits per heavy atom. The Morgan fingerprint density at radius 1 is 1.16 bits per heavy atom. The zero-order chi connectivity index (χ0) is 13.8. The number of hydrogen-bond acceptors (Lipinski definition) is 2. The lowest BCUT2D eigenvalue weighted by molar-refractivity contribution is 0.215. The molecule has 0 spiro atoms. The Bertz CT molecular complexity index is 573. The van der Waals surface area contributed by atoms with Crippen LogP contribution in [0.3, 0.4) is 0 Å². The summed E-state index contributed by atoms with van der Waals surface area (Å²) >= 11 is 6.11. The van der Waals surface area contributed by atoms with Gasteiger partial charge in [-0.25, -0.2) is 4.79 Å². The number of hydrogen-bond donors (Lipinski definition) is 1. The van der Waals surface area contributed by atoms with E-state index in [1.54, 1.807) is 30.3 Å². The van der Waals surface area contributed by atoms with E-state index < -0.39 is 6.09 Å². The quantitative estimate of drug-likeness (QED) is 0.872. The minimum Gasteiger partial charge on any atom is -0.410 e. The number of carbonyl (C=O) groups is 1. The second-order valence-corrected chi connectivity index (χ2v) is 4.67. The number of nitrogens with one attached hydrogen (secondary N) is 1. The van der Waals surface area contributed by atoms with Crippen molar-refractivity contribution in [3.63, 3.8) is 0 Å². The van der Waals surface area contributed by atoms with Gasteiger partial charge in [0.1, 0.15) is 5.75 Å². The van der Waals surface area contributed by atoms with Crippen molar-refractivity contribution in [1.29, 1.82) is 0 Å². The van der Waals surface area contributed by atoms with Crippen molar-refractivity contribution in [3.8, 4) is 5.75 Å². The molecule has 2 aromatic carbocycles. The summed E-state index contributed by atoms with van der Waals surface area (Å²) in [5, 5.41) is 3.16. The topological polar surface area (TPSA) is 38.3 Å². The molecule has 0 heterocycles. The molecule has 0 aromatic heterocycles. The fourth-order valence-electron chi connectivity index (χ4n) is 1.80. The maximum absolute atomic E-state index is 11.8. The fourth-order valence-corrected chi connectivity index (χ4v) is 2.17. The minimum absolute atomic E-state index is 0.487. The summed E-state index contributed by atoms with van der Waals surface area (Å²) in [4.78, 5) is 11.8. The van der Waals surface area contributed by atoms with Gasteiger partial charge in [-0.05, 0) is 43.2 Å². The third kappa shape index (κ3) is 3.48. The summed E-state index contributed by atoms with van der Waals surface area (Å²) in [6.07, 6.45) is -0.556. The number of amides is 1. The number of halogens is 1. The average Bonchev–Trinajstić information content (AvgIpc) is 2.35. The molecular weight excluding hydrogens is 262 g/mol. The monoisotopic (exact) mass is 275 g/mol. The van der Waals surface area contributed by atoms with Crippen molar-refractivity contribution in [2.24, 2.45) is 0 Å². The van der Waals surface area contributed by atoms with E-state index in [9.17, 15) is 4.79 Å². The molecule has 0 saturated heterocycles. The first-order valence-corrected chi connectivity index (χ1v) is 6.24. The van der Waals surface area contributed by atoms with Crippen LogP contribution in [-0.4, -0.2) is 6.09 Å². The molecule has 2 aromatic rings. The zero-order valence-electron chi connectivity index (χ0n) is 10.7. The third-order valence-corrected chi connectivity index (χ3v) is 2.91. The molecule has 4 heteroatoms. The van der Waals surface area contributed by atoms with Crippen LogP contribution < -0.4 is 10.1 Å². The molecule has 1 N–H and O–H groups in total. The lowest BCUT2D eigenvalue weighted by Crippen LogP contribution is -2.17. The van der Waals surface area contributed by atoms with Gasteiger partial charge in [0, 0.05) is 0 Å². The highest BCUT2D eigenvalue weighted by atomic mass is 35.5. The molecule has 0 aliphatic carbocycles. The number of rotatable bonds is 2. The van der Waals surface area contributed by atoms with Crippen LogP contribution in [0.2, 0.25) is 5.02 Å². The molecule has 0 unspecified atom stereocenters. The van der Waals surface area contributed by atoms with Crippen LogP contribution >= 0.6 is 11.6 Å². The summed E-state index contributed by atoms with van der Waals surface area (Å²) < 4.78 is 5.15. The smallest absolute Gasteiger partial charge is 0.410 e. The van der Waals surface area contributed by atoms with Gasteiger partial charge in [-0.2, -0.15) is 0 Å². The summed E-state index contributed by atoms with van der Waals surface area (Å²) in [5.74, 6) is 0.487. The van der Waals surface area contributed by atoms with Gasteiger partial charge >= 0.3 is 6.09 Å². The Labute approximate surface area is 117 Å². The van der Waals surface area contributed by atoms with Crippen molar-refractivity contribution in [1.82, 2.24) is 0 Å². The van der Waals surface area contributed by atoms with E-state index in [2.05, 4.69) is 5.32 Å². The van der Waals surface area contributed by atoms with E-state index in [1.807, 2.05) is 26.0 Å². The van der Waals surface area contributed by atoms with Crippen LogP contribution in [0.4, 0.5) is 10.5 Å². The first kappa shape index (κ1) is 13.4. The molecule has 0 saturated carbocycles. The standard InChI is InChI=1S/C15H14ClNO2/c1-10-8-11(2)14(13(16)9-10)17-15(18)19-12-6-4-3-5-7-12/h3-9H,1-2H3,(H,17,18). The van der Waals surface area contributed by atoms with Crippen molar-refractivity contribution in [2.75, 3.05) is 5.32 Å². The lowest BCUT2D eigenvalue weighted by Gasteiger charge is -2.11. The molecule has 0 atom stereocenters. The second kappa shape index (κ2) is 5.76. The van der Waals surface area contributed by atoms with Crippen LogP contribution in [0.1, 0.15) is 11.1 Å². The minimum atomic E-state index is -0.556. The third-order valence-electron chi connectivity index (χ3n) is 2.61. The van der Waals surface area contributed by atoms with E-state index in [0.29, 0.717) is 16.5 Å². The molecule has 19 heavy (non-hydrogen) atoms. The SMILES string of the molecule is Cc1cc(C)c(NC(=O)Oc2ccccc2)c(Cl)c1. The van der Waals surface area contributed by atoms with Gasteiger partial charge in [-0.3, -0.25) is 5.32 Å². The molecule has 0 aliphatic heterocycles. The predicted molar refractivity (Wildman–Crippen MR) is 77.0 cm³/mol. The number of para-hydroxylation sites is 1. The molecule has 0 bridgehead atoms. The van der Waals surface area contributed by atoms with E-state index >= 15 is 0 Å². The summed E-state index contributed by atoms with van der Waals surface area (Å²) in [7, 11) is 0. The van der Waals surface area contributed by atoms with Crippen molar-refractivity contribution in [2.45, 2.75) is 13.8 Å². The largest absolute Gasteiger partial charge is 0.417 e. The Kier molecular flexibility index (Phi) is 4.07. The first-order valence-electron chi connectivity index (χ1n) is 5.87. The molecule has 3 nitrogen and oxygen atoms in total. The second-order valence-electron chi connectivity index (χ2n) is 4.27. The summed E-state index contributed by atoms with van der Waals surface area (Å²) in [5.41, 5.74) is 2.52. The Morgan fingerprint density at radius 3 is 2.47 bits per heavy atom. The number of benzene rings is 2. The van der Waals surface area contributed by atoms with E-state index in [4.69, 9.17) is 16.3 Å². The zero-order valence-corrected chi connectivity index (χ0v) is 11.5. The van der Waals surface area contributed by atoms with Gasteiger partial charge in [-0.1, -0.05) is 35.9 Å². The van der Waals surface area contributed by atoms with Crippen LogP contribution in [0.25, 0.3) is 0 Å². The molecule has 1 amide bonds. The highest BCUT2D eigenvalue weighted by molar-refractivity contribution is 6.34. The molecule has 0 radical (unpaired) electrons. The number of anilines is 1. The molecule has 0 aliphatic rings. The van der Waals surface area contributed by atoms with Crippen LogP contribution in [0, 0.1) is 13.8 Å². The van der Waals surface area contributed by atoms with Gasteiger partial charge in [0.25, 0.3) is 0 Å². The average molecular weight is 276 g/mol. The normalized spacial score (nSPS) is 10.1. The maximum atomic E-state index is 11.8. The molecule has 2 rings (SSSR count). The van der Waals surface area contributed by atoms with Crippen molar-refractivity contribution < 1.29 is 9.53 Å². The molecule has 0 fully saturated rings. The highest BCUT2D eigenvalue weighted by Gasteiger charge is 2.10. The van der Waals surface area contributed by atoms with E-state index in [0.717, 1.165) is 11.1 Å². The van der Waals surface area contributed by atoms with Gasteiger partial charge in [0.2, 0.25) is 0 Å². The highest BCUT2D eigenvalue weighted by Crippen LogP contribution is 2.27. The predicted octanol–water partition coefficient (Wildman–Crippen LogP) is 4.57. The lowest BCUT2D eigenvalue weighted by atomic mass is 10.1. The first-order chi connectivity index (χ1) is 9.06.